The van der Waals surface area contributed by atoms with Gasteiger partial charge in [0.05, 0.1) is 38.0 Å². The fourth-order valence-electron chi connectivity index (χ4n) is 10.4. The first-order valence-corrected chi connectivity index (χ1v) is 41.4. The summed E-state index contributed by atoms with van der Waals surface area (Å²) in [5, 5.41) is 92.8. The van der Waals surface area contributed by atoms with E-state index < -0.39 is 319 Å². The topological polar surface area (TPSA) is 755 Å². The summed E-state index contributed by atoms with van der Waals surface area (Å²) < 4.78 is 0. The average molecular weight is 1740 g/mol. The van der Waals surface area contributed by atoms with Crippen molar-refractivity contribution < 1.29 is 136 Å². The Morgan fingerprint density at radius 1 is 0.470 bits per heavy atom. The Kier molecular flexibility index (Phi) is 46.9. The molecular formula is C67H108N18O28S4. The molecule has 17 amide bonds. The summed E-state index contributed by atoms with van der Waals surface area (Å²) in [5.41, 5.74) is 16.4. The first-order valence-electron chi connectivity index (χ1n) is 36.4. The van der Waals surface area contributed by atoms with Crippen LogP contribution in [0.3, 0.4) is 0 Å². The molecule has 0 aliphatic carbocycles. The highest BCUT2D eigenvalue weighted by Crippen LogP contribution is 2.26. The van der Waals surface area contributed by atoms with Crippen LogP contribution in [0.15, 0.2) is 0 Å². The van der Waals surface area contributed by atoms with E-state index in [1.54, 1.807) is 27.7 Å². The Morgan fingerprint density at radius 2 is 0.949 bits per heavy atom. The number of primary amides is 2. The molecule has 3 heterocycles. The molecule has 117 heavy (non-hydrogen) atoms. The van der Waals surface area contributed by atoms with Crippen molar-refractivity contribution in [2.45, 2.75) is 231 Å². The van der Waals surface area contributed by atoms with Crippen LogP contribution in [0.25, 0.3) is 0 Å². The summed E-state index contributed by atoms with van der Waals surface area (Å²) in [6, 6.07) is -27.7. The summed E-state index contributed by atoms with van der Waals surface area (Å²) in [6.07, 6.45) is -8.77. The number of nitrogens with two attached hydrogens (primary N) is 3. The summed E-state index contributed by atoms with van der Waals surface area (Å²) in [6.45, 7) is 14.4. The molecule has 658 valence electrons. The predicted molar refractivity (Wildman–Crippen MR) is 418 cm³/mol. The molecule has 0 aromatic carbocycles. The quantitative estimate of drug-likeness (QED) is 0.0256. The summed E-state index contributed by atoms with van der Waals surface area (Å²) in [5.74, 6) is -33.3. The molecule has 0 aromatic heterocycles. The van der Waals surface area contributed by atoms with Crippen LogP contribution in [-0.2, 0) is 105 Å². The number of aliphatic carboxylic acids is 5. The fraction of sp³-hybridized carbons (Fsp3) is 0.672. The van der Waals surface area contributed by atoms with Crippen LogP contribution in [0.5, 0.6) is 0 Å². The molecule has 0 aromatic rings. The molecule has 2 bridgehead atoms. The van der Waals surface area contributed by atoms with Gasteiger partial charge in [0.1, 0.15) is 84.6 Å². The number of nitrogens with one attached hydrogen (secondary N) is 15. The van der Waals surface area contributed by atoms with Crippen LogP contribution in [0, 0.1) is 23.7 Å². The van der Waals surface area contributed by atoms with E-state index in [1.807, 2.05) is 5.32 Å². The highest BCUT2D eigenvalue weighted by Gasteiger charge is 2.41. The van der Waals surface area contributed by atoms with Crippen LogP contribution in [0.4, 0.5) is 0 Å². The van der Waals surface area contributed by atoms with E-state index in [-0.39, 0.29) is 18.8 Å². The Bertz CT molecular complexity index is 3590. The number of carbonyl (C=O) groups is 22. The highest BCUT2D eigenvalue weighted by atomic mass is 33.1. The molecule has 50 heteroatoms. The number of carboxylic acids is 5. The minimum Gasteiger partial charge on any atom is -0.481 e. The molecule has 3 rings (SSSR count). The monoisotopic (exact) mass is 1740 g/mol. The van der Waals surface area contributed by atoms with Gasteiger partial charge in [-0.2, -0.15) is 0 Å². The van der Waals surface area contributed by atoms with Gasteiger partial charge < -0.3 is 128 Å². The third kappa shape index (κ3) is 40.9. The lowest BCUT2D eigenvalue weighted by molar-refractivity contribution is -0.143. The summed E-state index contributed by atoms with van der Waals surface area (Å²) in [7, 11) is 2.59. The summed E-state index contributed by atoms with van der Waals surface area (Å²) in [4.78, 5) is 297. The number of carboxylic acid groups (broad SMARTS) is 5. The van der Waals surface area contributed by atoms with Gasteiger partial charge in [-0.1, -0.05) is 98.6 Å². The maximum atomic E-state index is 14.9. The molecule has 46 nitrogen and oxygen atoms in total. The highest BCUT2D eigenvalue weighted by molar-refractivity contribution is 8.77. The van der Waals surface area contributed by atoms with E-state index in [9.17, 15) is 126 Å². The van der Waals surface area contributed by atoms with Crippen molar-refractivity contribution in [3.63, 3.8) is 0 Å². The van der Waals surface area contributed by atoms with E-state index >= 15 is 0 Å². The number of fused-ring (bicyclic) bond motifs is 37. The van der Waals surface area contributed by atoms with Crippen LogP contribution in [0.1, 0.15) is 134 Å². The molecule has 3 aliphatic rings. The predicted octanol–water partition coefficient (Wildman–Crippen LogP) is -8.06. The summed E-state index contributed by atoms with van der Waals surface area (Å²) >= 11 is 0. The van der Waals surface area contributed by atoms with E-state index in [1.165, 1.54) is 27.7 Å². The van der Waals surface area contributed by atoms with Crippen LogP contribution < -0.4 is 97.0 Å². The van der Waals surface area contributed by atoms with Crippen LogP contribution in [-0.4, -0.2) is 287 Å². The number of hydrogen-bond acceptors (Lipinski definition) is 28. The Balaban J connectivity index is 0.0000167. The van der Waals surface area contributed by atoms with Gasteiger partial charge in [0.25, 0.3) is 5.97 Å². The molecular weight excluding hydrogens is 1630 g/mol. The van der Waals surface area contributed by atoms with Crippen molar-refractivity contribution >= 4 is 173 Å². The van der Waals surface area contributed by atoms with Crippen LogP contribution in [0.2, 0.25) is 0 Å². The van der Waals surface area contributed by atoms with Gasteiger partial charge in [-0.3, -0.25) is 101 Å². The van der Waals surface area contributed by atoms with Crippen molar-refractivity contribution in [2.24, 2.45) is 40.9 Å². The zero-order valence-corrected chi connectivity index (χ0v) is 69.2. The Labute approximate surface area is 687 Å². The number of aliphatic hydroxyl groups excluding tert-OH is 1. The van der Waals surface area contributed by atoms with E-state index in [2.05, 4.69) is 74.4 Å². The first kappa shape index (κ1) is 105. The maximum Gasteiger partial charge on any atom is 0.326 e. The van der Waals surface area contributed by atoms with Gasteiger partial charge in [-0.05, 0) is 63.2 Å². The average Bonchev–Trinajstić information content (AvgIpc) is 0.919. The molecule has 0 saturated carbocycles. The number of amides is 17. The normalized spacial score (nSPS) is 23.8. The zero-order chi connectivity index (χ0) is 89.6. The second kappa shape index (κ2) is 52.4. The second-order valence-electron chi connectivity index (χ2n) is 28.5. The second-order valence-corrected chi connectivity index (χ2v) is 33.6. The lowest BCUT2D eigenvalue weighted by Gasteiger charge is -2.29. The van der Waals surface area contributed by atoms with Crippen molar-refractivity contribution in [3.05, 3.63) is 0 Å². The largest absolute Gasteiger partial charge is 0.481 e. The van der Waals surface area contributed by atoms with Gasteiger partial charge in [0.15, 0.2) is 0 Å². The van der Waals surface area contributed by atoms with E-state index in [4.69, 9.17) is 27.1 Å². The third-order valence-electron chi connectivity index (χ3n) is 16.4. The molecule has 16 atom stereocenters. The number of hydrogen-bond donors (Lipinski definition) is 24. The van der Waals surface area contributed by atoms with Crippen molar-refractivity contribution in [1.82, 2.24) is 79.8 Å². The lowest BCUT2D eigenvalue weighted by atomic mass is 10.00. The van der Waals surface area contributed by atoms with Gasteiger partial charge in [0, 0.05) is 42.8 Å². The third-order valence-corrected chi connectivity index (χ3v) is 21.3. The molecule has 3 aliphatic heterocycles. The smallest absolute Gasteiger partial charge is 0.326 e. The minimum atomic E-state index is -2.11. The maximum absolute atomic E-state index is 14.9. The molecule has 0 spiro atoms. The van der Waals surface area contributed by atoms with Crippen molar-refractivity contribution in [1.29, 1.82) is 0 Å². The number of rotatable bonds is 28. The number of carbonyl (C=O) groups excluding carboxylic acids is 17. The van der Waals surface area contributed by atoms with Crippen LogP contribution >= 0.6 is 43.2 Å². The molecule has 0 radical (unpaired) electrons. The Hall–Kier alpha value is -10.3. The van der Waals surface area contributed by atoms with E-state index in [0.717, 1.165) is 42.4 Å². The van der Waals surface area contributed by atoms with Gasteiger partial charge >= 0.3 is 23.9 Å². The van der Waals surface area contributed by atoms with Crippen molar-refractivity contribution in [2.75, 3.05) is 29.6 Å². The standard InChI is InChI=1S/C65H104N18O26S4.C2H4O2/c1-25(2)15-34-55(98)80-41-24-113-110-21-38(58(101)77-37(65(108)109)16-26(3)4)71-44(87)20-69-62(105)50(30(10)84)83-61(104)40(78-51(94)29(9)70-63(106)48(27(5)6)81-57(100)35(18-43(68)86)76-64(107)49(28(7)8)82-60(41)103)23-112-111-22-39(59(102)73-32(53(96)75-34)11-13-45(88)89)79-54(97)33(12-14-46(90)91)72-56(99)36(19-47(92)93)74-52(95)31(66)17-42(67)85;1-2(3)4/h25-41,48-50,84H,11-24,66H2,1-10H3,(H2,67,85)(H2,68,86)(H,69,105)(H,70,106)(H,71,87)(H,72,99)(H,73,102)(H,74,95)(H,75,96)(H,76,107)(H,77,101)(H,78,94)(H,79,97)(H,80,98)(H,81,100)(H,82,103)(H,83,104)(H,88,89)(H,90,91)(H,92,93)(H,108,109);1H3,(H,3,4)/t29-,30+,31-,32-,33-,34-,35-,36-,37-,38-,39-,40-,41-,48?,49-,50-;/m0./s1. The lowest BCUT2D eigenvalue weighted by Crippen LogP contribution is -2.62. The zero-order valence-electron chi connectivity index (χ0n) is 66.0. The fourth-order valence-corrected chi connectivity index (χ4v) is 15.0. The molecule has 1 unspecified atom stereocenters. The SMILES string of the molecule is CC(=O)O.CC(C)C[C@H](NC(=O)[C@@H]1CSSC[C@@H]2NC(=O)[C@H](CC(C)C)NC(=O)[C@H](CCC(=O)O)NC(=O)[C@@H](NC(=O)[C@H](CCC(=O)O)NC(=O)[C@H](CC(=O)O)NC(=O)[C@@H](N)CC(N)=O)CSSC[C@H](NC(=O)[C@H](C)NC(=O)C(C(C)C)NC(=O)[C@H](CC(N)=O)NC(=O)[C@H](C(C)C)NC2=O)C(=O)N[C@@H]([C@@H](C)O)C(=O)NCC(=O)N1)C(=O)O. The molecule has 3 saturated heterocycles. The van der Waals surface area contributed by atoms with Gasteiger partial charge in [-0.25, -0.2) is 4.79 Å². The number of aliphatic hydroxyl groups is 1. The van der Waals surface area contributed by atoms with E-state index in [0.29, 0.717) is 21.6 Å². The minimum absolute atomic E-state index is 0.111. The van der Waals surface area contributed by atoms with Gasteiger partial charge in [-0.15, -0.1) is 0 Å². The molecule has 3 fully saturated rings. The van der Waals surface area contributed by atoms with Gasteiger partial charge in [0.2, 0.25) is 100 Å². The molecule has 27 N–H and O–H groups in total. The van der Waals surface area contributed by atoms with Crippen molar-refractivity contribution in [3.8, 4) is 0 Å². The first-order chi connectivity index (χ1) is 54.3. The Morgan fingerprint density at radius 3 is 1.44 bits per heavy atom.